The van der Waals surface area contributed by atoms with Crippen LogP contribution < -0.4 is 20.9 Å². The molecule has 4 aromatic carbocycles. The number of piperazine rings is 1. The van der Waals surface area contributed by atoms with Crippen molar-refractivity contribution in [2.45, 2.75) is 117 Å². The molecule has 1 unspecified atom stereocenters. The number of hydrogen-bond donors (Lipinski definition) is 5. The summed E-state index contributed by atoms with van der Waals surface area (Å²) in [5.41, 5.74) is 8.44. The number of carbonyl (C=O) groups is 5. The number of aliphatic hydroxyl groups excluding tert-OH is 1. The third-order valence-electron chi connectivity index (χ3n) is 15.9. The Balaban J connectivity index is 0.704. The van der Waals surface area contributed by atoms with Gasteiger partial charge in [0.2, 0.25) is 11.8 Å². The number of carbonyl (C=O) groups excluding carboxylic acids is 5. The lowest BCUT2D eigenvalue weighted by atomic mass is 9.76. The van der Waals surface area contributed by atoms with E-state index in [2.05, 4.69) is 40.9 Å². The summed E-state index contributed by atoms with van der Waals surface area (Å²) >= 11 is 1.59. The number of amides is 3. The number of nitrogens with one attached hydrogen (secondary N) is 4. The number of aliphatic hydroxyl groups is 1. The Morgan fingerprint density at radius 2 is 1.60 bits per heavy atom. The van der Waals surface area contributed by atoms with E-state index in [1.54, 1.807) is 11.3 Å². The molecule has 0 spiro atoms. The van der Waals surface area contributed by atoms with E-state index in [9.17, 15) is 37.9 Å². The van der Waals surface area contributed by atoms with Crippen LogP contribution in [0.3, 0.4) is 0 Å². The van der Waals surface area contributed by atoms with Gasteiger partial charge in [-0.3, -0.25) is 34.0 Å². The predicted molar refractivity (Wildman–Crippen MR) is 312 cm³/mol. The fraction of sp³-hybridized carbons (Fsp3) is 0.468. The van der Waals surface area contributed by atoms with Gasteiger partial charge in [0.1, 0.15) is 17.4 Å². The first-order chi connectivity index (χ1) is 38.9. The number of Topliss-reactive ketones (excluding diaryl/α,β-unsaturated/α-hetero) is 2. The lowest BCUT2D eigenvalue weighted by Crippen LogP contribution is -2.49. The maximum absolute atomic E-state index is 14.2. The number of ether oxygens (including phenoxy) is 1. The number of halogens is 2. The van der Waals surface area contributed by atoms with Gasteiger partial charge < -0.3 is 35.6 Å². The summed E-state index contributed by atoms with van der Waals surface area (Å²) in [6.07, 6.45) is 4.46. The standard InChI is InChI=1S/C62H75F2N9O7S/c1-39-58(81-38-66-39)43-13-9-40(10-14-43)12-18-56(76)55-35-49(75)36-73(55)61(79)52(62(2,3)4)34-48(74)8-6-5-7-21-65-57(77)37-71-22-24-72(25-23-71)47-15-16-50(54(33-47)67-46-19-26-80-27-20-46)60(78)68-59-51-31-41(11-17-53(51)69-70-59)28-42-29-44(63)32-45(64)30-42/h9-11,13-17,29-33,38,46,49,52,55,67,75H,5-8,12,18-28,34-37H2,1-4H3,(H,65,77)(H2,68,69,70,78)/t49-,52?,55+/m1/s1. The number of aromatic amines is 1. The van der Waals surface area contributed by atoms with E-state index in [0.717, 1.165) is 58.3 Å². The molecule has 0 aliphatic carbocycles. The number of thiazole rings is 1. The fourth-order valence-corrected chi connectivity index (χ4v) is 12.1. The normalized spacial score (nSPS) is 17.6. The van der Waals surface area contributed by atoms with Crippen LogP contribution in [0.4, 0.5) is 26.0 Å². The molecule has 9 rings (SSSR count). The number of rotatable bonds is 23. The van der Waals surface area contributed by atoms with Gasteiger partial charge in [-0.25, -0.2) is 13.8 Å². The second-order valence-corrected chi connectivity index (χ2v) is 23.9. The third-order valence-corrected chi connectivity index (χ3v) is 16.9. The van der Waals surface area contributed by atoms with Crippen LogP contribution in [0.25, 0.3) is 21.3 Å². The molecule has 3 amide bonds. The van der Waals surface area contributed by atoms with Gasteiger partial charge in [0, 0.05) is 113 Å². The zero-order valence-electron chi connectivity index (χ0n) is 46.8. The molecule has 2 aromatic heterocycles. The number of nitrogens with zero attached hydrogens (tertiary/aromatic N) is 5. The Labute approximate surface area is 476 Å². The quantitative estimate of drug-likeness (QED) is 0.0381. The number of benzene rings is 4. The van der Waals surface area contributed by atoms with Crippen molar-refractivity contribution in [1.29, 1.82) is 0 Å². The van der Waals surface area contributed by atoms with Crippen LogP contribution in [-0.2, 0) is 36.8 Å². The van der Waals surface area contributed by atoms with Crippen LogP contribution in [0, 0.1) is 29.9 Å². The van der Waals surface area contributed by atoms with Crippen LogP contribution in [0.15, 0.2) is 84.4 Å². The molecule has 5 N–H and O–H groups in total. The van der Waals surface area contributed by atoms with Crippen molar-refractivity contribution in [3.8, 4) is 10.4 Å². The highest BCUT2D eigenvalue weighted by Crippen LogP contribution is 2.35. The Kier molecular flexibility index (Phi) is 19.4. The maximum atomic E-state index is 14.2. The van der Waals surface area contributed by atoms with Crippen LogP contribution >= 0.6 is 11.3 Å². The van der Waals surface area contributed by atoms with E-state index in [4.69, 9.17) is 4.74 Å². The molecule has 0 radical (unpaired) electrons. The van der Waals surface area contributed by atoms with Crippen LogP contribution in [0.5, 0.6) is 0 Å². The number of aromatic nitrogens is 3. The second kappa shape index (κ2) is 26.8. The van der Waals surface area contributed by atoms with Crippen molar-refractivity contribution < 1.29 is 42.6 Å². The molecule has 3 fully saturated rings. The summed E-state index contributed by atoms with van der Waals surface area (Å²) in [5.74, 6) is -2.37. The topological polar surface area (TPSA) is 202 Å². The summed E-state index contributed by atoms with van der Waals surface area (Å²) in [6, 6.07) is 22.3. The van der Waals surface area contributed by atoms with Crippen molar-refractivity contribution in [3.05, 3.63) is 124 Å². The number of anilines is 3. The first-order valence-electron chi connectivity index (χ1n) is 28.4. The van der Waals surface area contributed by atoms with Crippen molar-refractivity contribution in [2.24, 2.45) is 11.3 Å². The SMILES string of the molecule is Cc1ncsc1-c1ccc(CCC(=O)[C@@H]2C[C@@H](O)CN2C(=O)C(CC(=O)CCCCCNC(=O)CN2CCN(c3ccc(C(=O)Nc4n[nH]c5ccc(Cc6cc(F)cc(F)c6)cc45)c(NC4CCOCC4)c3)CC2)C(C)(C)C)cc1. The van der Waals surface area contributed by atoms with E-state index >= 15 is 0 Å². The van der Waals surface area contributed by atoms with Crippen molar-refractivity contribution >= 4 is 68.7 Å². The van der Waals surface area contributed by atoms with Crippen LogP contribution in [-0.4, -0.2) is 137 Å². The zero-order valence-corrected chi connectivity index (χ0v) is 47.6. The van der Waals surface area contributed by atoms with Crippen molar-refractivity contribution in [2.75, 3.05) is 74.6 Å². The number of β-amino-alcohol motifs (C(OH)–C–C–N with tert-alkyl or cyclic N) is 1. The molecule has 5 heterocycles. The van der Waals surface area contributed by atoms with Gasteiger partial charge in [-0.2, -0.15) is 5.10 Å². The lowest BCUT2D eigenvalue weighted by molar-refractivity contribution is -0.145. The Bertz CT molecular complexity index is 3160. The molecule has 3 aliphatic heterocycles. The molecule has 81 heavy (non-hydrogen) atoms. The smallest absolute Gasteiger partial charge is 0.258 e. The van der Waals surface area contributed by atoms with Crippen LogP contribution in [0.1, 0.15) is 111 Å². The fourth-order valence-electron chi connectivity index (χ4n) is 11.3. The van der Waals surface area contributed by atoms with Crippen LogP contribution in [0.2, 0.25) is 0 Å². The van der Waals surface area contributed by atoms with Crippen molar-refractivity contribution in [1.82, 2.24) is 30.3 Å². The van der Waals surface area contributed by atoms with Gasteiger partial charge in [0.15, 0.2) is 11.6 Å². The molecule has 16 nitrogen and oxygen atoms in total. The summed E-state index contributed by atoms with van der Waals surface area (Å²) in [4.78, 5) is 79.8. The Morgan fingerprint density at radius 3 is 2.32 bits per heavy atom. The molecule has 430 valence electrons. The van der Waals surface area contributed by atoms with E-state index in [1.807, 2.05) is 93.9 Å². The van der Waals surface area contributed by atoms with Crippen molar-refractivity contribution in [3.63, 3.8) is 0 Å². The average molecular weight is 1130 g/mol. The molecule has 19 heteroatoms. The van der Waals surface area contributed by atoms with Gasteiger partial charge in [-0.1, -0.05) is 57.5 Å². The Morgan fingerprint density at radius 1 is 0.864 bits per heavy atom. The molecule has 3 saturated heterocycles. The number of aryl methyl sites for hydroxylation is 2. The minimum Gasteiger partial charge on any atom is -0.391 e. The van der Waals surface area contributed by atoms with E-state index < -0.39 is 35.1 Å². The van der Waals surface area contributed by atoms with E-state index in [0.29, 0.717) is 112 Å². The Hall–Kier alpha value is -6.93. The van der Waals surface area contributed by atoms with Gasteiger partial charge in [0.25, 0.3) is 5.91 Å². The minimum absolute atomic E-state index is 0.0182. The highest BCUT2D eigenvalue weighted by molar-refractivity contribution is 7.13. The second-order valence-electron chi connectivity index (χ2n) is 23.0. The predicted octanol–water partition coefficient (Wildman–Crippen LogP) is 9.29. The molecule has 0 saturated carbocycles. The first-order valence-corrected chi connectivity index (χ1v) is 29.3. The average Bonchev–Trinajstić information content (AvgIpc) is 4.30. The van der Waals surface area contributed by atoms with Gasteiger partial charge in [-0.15, -0.1) is 11.3 Å². The third kappa shape index (κ3) is 15.5. The van der Waals surface area contributed by atoms with Gasteiger partial charge >= 0.3 is 0 Å². The number of hydrogen-bond acceptors (Lipinski definition) is 13. The van der Waals surface area contributed by atoms with Gasteiger partial charge in [0.05, 0.1) is 45.9 Å². The number of ketones is 2. The molecule has 0 bridgehead atoms. The highest BCUT2D eigenvalue weighted by Gasteiger charge is 2.44. The molecular formula is C62H75F2N9O7S. The summed E-state index contributed by atoms with van der Waals surface area (Å²) in [7, 11) is 0. The number of H-pyrrole nitrogens is 1. The molecule has 6 aromatic rings. The number of unbranched alkanes of at least 4 members (excludes halogenated alkanes) is 2. The monoisotopic (exact) mass is 1130 g/mol. The maximum Gasteiger partial charge on any atom is 0.258 e. The zero-order chi connectivity index (χ0) is 57.2. The molecule has 3 aliphatic rings. The summed E-state index contributed by atoms with van der Waals surface area (Å²) in [5, 5.41) is 28.4. The molecular weight excluding hydrogens is 1050 g/mol. The summed E-state index contributed by atoms with van der Waals surface area (Å²) < 4.78 is 33.5. The van der Waals surface area contributed by atoms with E-state index in [1.165, 1.54) is 17.0 Å². The van der Waals surface area contributed by atoms with E-state index in [-0.39, 0.29) is 67.7 Å². The first kappa shape index (κ1) is 58.7. The number of fused-ring (bicyclic) bond motifs is 1. The van der Waals surface area contributed by atoms with Gasteiger partial charge in [-0.05, 0) is 116 Å². The highest BCUT2D eigenvalue weighted by atomic mass is 32.1. The largest absolute Gasteiger partial charge is 0.391 e. The molecule has 3 atom stereocenters. The summed E-state index contributed by atoms with van der Waals surface area (Å²) in [6.45, 7) is 12.5. The number of likely N-dealkylation sites (tertiary alicyclic amines) is 1. The minimum atomic E-state index is -0.806. The lowest BCUT2D eigenvalue weighted by Gasteiger charge is -2.36.